The number of aromatic nitrogens is 2. The average molecular weight is 545 g/mol. The van der Waals surface area contributed by atoms with Crippen molar-refractivity contribution in [2.45, 2.75) is 46.1 Å². The van der Waals surface area contributed by atoms with Gasteiger partial charge in [-0.05, 0) is 65.0 Å². The van der Waals surface area contributed by atoms with Gasteiger partial charge < -0.3 is 25.8 Å². The summed E-state index contributed by atoms with van der Waals surface area (Å²) in [5.41, 5.74) is 2.84. The van der Waals surface area contributed by atoms with E-state index >= 15 is 0 Å². The summed E-state index contributed by atoms with van der Waals surface area (Å²) in [6.07, 6.45) is 5.44. The van der Waals surface area contributed by atoms with Crippen LogP contribution in [0.4, 0.5) is 17.5 Å². The van der Waals surface area contributed by atoms with E-state index in [0.717, 1.165) is 29.9 Å². The molecule has 0 spiro atoms. The molecule has 0 aliphatic heterocycles. The van der Waals surface area contributed by atoms with Gasteiger partial charge in [0.05, 0.1) is 22.9 Å². The Morgan fingerprint density at radius 2 is 1.85 bits per heavy atom. The summed E-state index contributed by atoms with van der Waals surface area (Å²) >= 11 is 0. The molecule has 0 radical (unpaired) electrons. The van der Waals surface area contributed by atoms with Gasteiger partial charge in [0, 0.05) is 44.9 Å². The van der Waals surface area contributed by atoms with Gasteiger partial charge in [-0.1, -0.05) is 24.8 Å². The van der Waals surface area contributed by atoms with E-state index in [1.165, 1.54) is 11.0 Å². The number of hydrogen-bond acceptors (Lipinski definition) is 8. The second-order valence-electron chi connectivity index (χ2n) is 9.58. The number of aryl methyl sites for hydroxylation is 1. The van der Waals surface area contributed by atoms with Gasteiger partial charge >= 0.3 is 0 Å². The molecule has 1 aromatic carbocycles. The van der Waals surface area contributed by atoms with Gasteiger partial charge in [-0.15, -0.1) is 0 Å². The van der Waals surface area contributed by atoms with Crippen molar-refractivity contribution in [2.24, 2.45) is 0 Å². The van der Waals surface area contributed by atoms with Gasteiger partial charge in [0.15, 0.2) is 0 Å². The molecule has 1 unspecified atom stereocenters. The number of nitrogens with zero attached hydrogens (tertiary/aromatic N) is 5. The minimum Gasteiger partial charge on any atom is -0.369 e. The summed E-state index contributed by atoms with van der Waals surface area (Å²) in [6, 6.07) is 8.61. The molecule has 10 nitrogen and oxygen atoms in total. The molecule has 2 amide bonds. The van der Waals surface area contributed by atoms with Gasteiger partial charge in [0.1, 0.15) is 11.9 Å². The van der Waals surface area contributed by atoms with Crippen LogP contribution in [0, 0.1) is 30.1 Å². The minimum absolute atomic E-state index is 0.203. The van der Waals surface area contributed by atoms with Crippen LogP contribution < -0.4 is 16.0 Å². The maximum atomic E-state index is 12.5. The molecule has 2 aromatic rings. The number of amides is 2. The lowest BCUT2D eigenvalue weighted by Crippen LogP contribution is -2.45. The Morgan fingerprint density at radius 1 is 1.12 bits per heavy atom. The first-order valence-electron chi connectivity index (χ1n) is 13.4. The fourth-order valence-electron chi connectivity index (χ4n) is 3.44. The standard InChI is InChI=1S/C30H40N8O2/c1-7-18-32-28-26(22(2)34-30(36-28)35-25-16-14-24(21-31)15-17-25)12-9-8-10-19-33-29(40)23(3)38(6)27(39)13-11-20-37(4)5/h11,13-17,23H,7-8,10,18-20H2,1-6H3,(H,33,40)(H2,32,34,35,36). The van der Waals surface area contributed by atoms with Crippen LogP contribution >= 0.6 is 0 Å². The van der Waals surface area contributed by atoms with E-state index in [9.17, 15) is 9.59 Å². The van der Waals surface area contributed by atoms with Crippen molar-refractivity contribution in [3.8, 4) is 17.9 Å². The Bertz CT molecular complexity index is 1270. The van der Waals surface area contributed by atoms with Crippen LogP contribution in [-0.2, 0) is 9.59 Å². The molecule has 0 aliphatic carbocycles. The highest BCUT2D eigenvalue weighted by molar-refractivity contribution is 5.92. The average Bonchev–Trinajstić information content (AvgIpc) is 2.93. The number of rotatable bonds is 13. The minimum atomic E-state index is -0.578. The summed E-state index contributed by atoms with van der Waals surface area (Å²) in [7, 11) is 5.46. The summed E-state index contributed by atoms with van der Waals surface area (Å²) in [4.78, 5) is 37.3. The number of carbonyl (C=O) groups is 2. The zero-order chi connectivity index (χ0) is 29.5. The lowest BCUT2D eigenvalue weighted by Gasteiger charge is -2.23. The van der Waals surface area contributed by atoms with Crippen molar-refractivity contribution < 1.29 is 9.59 Å². The number of unbranched alkanes of at least 4 members (excludes halogenated alkanes) is 1. The SMILES string of the molecule is CCCNc1nc(Nc2ccc(C#N)cc2)nc(C)c1C#CCCCNC(=O)C(C)N(C)C(=O)C=CCN(C)C. The van der Waals surface area contributed by atoms with Crippen molar-refractivity contribution in [3.63, 3.8) is 0 Å². The number of carbonyl (C=O) groups excluding carboxylic acids is 2. The molecule has 212 valence electrons. The number of benzene rings is 1. The van der Waals surface area contributed by atoms with Gasteiger partial charge in [0.2, 0.25) is 17.8 Å². The van der Waals surface area contributed by atoms with E-state index in [-0.39, 0.29) is 11.8 Å². The Hall–Kier alpha value is -4.41. The molecule has 0 fully saturated rings. The maximum Gasteiger partial charge on any atom is 0.246 e. The second-order valence-corrected chi connectivity index (χ2v) is 9.58. The quantitative estimate of drug-likeness (QED) is 0.199. The zero-order valence-electron chi connectivity index (χ0n) is 24.3. The molecule has 0 saturated heterocycles. The number of likely N-dealkylation sites (N-methyl/N-ethyl adjacent to an activating group) is 2. The van der Waals surface area contributed by atoms with Crippen LogP contribution in [0.15, 0.2) is 36.4 Å². The summed E-state index contributed by atoms with van der Waals surface area (Å²) in [5.74, 6) is 7.05. The fraction of sp³-hybridized carbons (Fsp3) is 0.433. The molecule has 0 bridgehead atoms. The van der Waals surface area contributed by atoms with Crippen LogP contribution in [0.5, 0.6) is 0 Å². The number of anilines is 3. The number of hydrogen-bond donors (Lipinski definition) is 3. The van der Waals surface area contributed by atoms with Crippen LogP contribution in [0.2, 0.25) is 0 Å². The van der Waals surface area contributed by atoms with Crippen molar-refractivity contribution >= 4 is 29.3 Å². The highest BCUT2D eigenvalue weighted by Gasteiger charge is 2.20. The molecule has 10 heteroatoms. The van der Waals surface area contributed by atoms with Crippen LogP contribution in [-0.4, -0.2) is 78.4 Å². The van der Waals surface area contributed by atoms with Crippen molar-refractivity contribution in [1.29, 1.82) is 5.26 Å². The highest BCUT2D eigenvalue weighted by Crippen LogP contribution is 2.20. The van der Waals surface area contributed by atoms with Gasteiger partial charge in [-0.25, -0.2) is 4.98 Å². The molecule has 40 heavy (non-hydrogen) atoms. The van der Waals surface area contributed by atoms with Gasteiger partial charge in [0.25, 0.3) is 0 Å². The molecule has 0 aliphatic rings. The van der Waals surface area contributed by atoms with E-state index < -0.39 is 6.04 Å². The normalized spacial score (nSPS) is 11.3. The molecular weight excluding hydrogens is 504 g/mol. The molecule has 1 heterocycles. The molecule has 1 atom stereocenters. The molecule has 2 rings (SSSR count). The first kappa shape index (κ1) is 31.8. The van der Waals surface area contributed by atoms with Crippen LogP contribution in [0.3, 0.4) is 0 Å². The van der Waals surface area contributed by atoms with Gasteiger partial charge in [-0.2, -0.15) is 10.2 Å². The van der Waals surface area contributed by atoms with Crippen LogP contribution in [0.25, 0.3) is 0 Å². The first-order chi connectivity index (χ1) is 19.2. The second kappa shape index (κ2) is 16.5. The van der Waals surface area contributed by atoms with E-state index in [4.69, 9.17) is 5.26 Å². The molecule has 0 saturated carbocycles. The van der Waals surface area contributed by atoms with Crippen LogP contribution in [0.1, 0.15) is 49.9 Å². The van der Waals surface area contributed by atoms with Crippen molar-refractivity contribution in [3.05, 3.63) is 53.2 Å². The third kappa shape index (κ3) is 10.4. The summed E-state index contributed by atoms with van der Waals surface area (Å²) < 4.78 is 0. The Balaban J connectivity index is 1.94. The predicted molar refractivity (Wildman–Crippen MR) is 159 cm³/mol. The lowest BCUT2D eigenvalue weighted by molar-refractivity contribution is -0.135. The van der Waals surface area contributed by atoms with E-state index in [2.05, 4.69) is 50.8 Å². The Morgan fingerprint density at radius 3 is 2.50 bits per heavy atom. The third-order valence-corrected chi connectivity index (χ3v) is 5.93. The van der Waals surface area contributed by atoms with E-state index in [0.29, 0.717) is 43.3 Å². The zero-order valence-corrected chi connectivity index (χ0v) is 24.3. The first-order valence-corrected chi connectivity index (χ1v) is 13.4. The highest BCUT2D eigenvalue weighted by atomic mass is 16.2. The maximum absolute atomic E-state index is 12.5. The summed E-state index contributed by atoms with van der Waals surface area (Å²) in [6.45, 7) is 7.53. The van der Waals surface area contributed by atoms with Crippen molar-refractivity contribution in [1.82, 2.24) is 25.1 Å². The molecule has 1 aromatic heterocycles. The molecular formula is C30H40N8O2. The smallest absolute Gasteiger partial charge is 0.246 e. The van der Waals surface area contributed by atoms with E-state index in [1.807, 2.05) is 38.1 Å². The Kier molecular flexibility index (Phi) is 13.1. The van der Waals surface area contributed by atoms with E-state index in [1.54, 1.807) is 32.2 Å². The number of nitriles is 1. The Labute approximate surface area is 237 Å². The lowest BCUT2D eigenvalue weighted by atomic mass is 10.2. The fourth-order valence-corrected chi connectivity index (χ4v) is 3.44. The largest absolute Gasteiger partial charge is 0.369 e. The predicted octanol–water partition coefficient (Wildman–Crippen LogP) is 3.43. The van der Waals surface area contributed by atoms with Crippen molar-refractivity contribution in [2.75, 3.05) is 51.4 Å². The third-order valence-electron chi connectivity index (χ3n) is 5.93. The molecule has 3 N–H and O–H groups in total. The summed E-state index contributed by atoms with van der Waals surface area (Å²) in [5, 5.41) is 18.4. The van der Waals surface area contributed by atoms with Gasteiger partial charge in [-0.3, -0.25) is 9.59 Å². The topological polar surface area (TPSA) is 126 Å². The number of nitrogens with one attached hydrogen (secondary N) is 3. The monoisotopic (exact) mass is 544 g/mol.